The highest BCUT2D eigenvalue weighted by molar-refractivity contribution is 5.71. The zero-order chi connectivity index (χ0) is 14.8. The van der Waals surface area contributed by atoms with E-state index in [0.29, 0.717) is 5.75 Å². The SMILES string of the molecule is Cc1cc([N+](=O)[O-])c(OC2CCC2)cc1-c1ccncc1. The molecule has 1 aliphatic rings. The lowest BCUT2D eigenvalue weighted by Gasteiger charge is -2.26. The van der Waals surface area contributed by atoms with Crippen LogP contribution in [-0.4, -0.2) is 16.0 Å². The summed E-state index contributed by atoms with van der Waals surface area (Å²) >= 11 is 0. The molecule has 0 atom stereocenters. The smallest absolute Gasteiger partial charge is 0.311 e. The van der Waals surface area contributed by atoms with Crippen molar-refractivity contribution in [2.75, 3.05) is 0 Å². The molecular formula is C16H16N2O3. The highest BCUT2D eigenvalue weighted by Gasteiger charge is 2.25. The van der Waals surface area contributed by atoms with Crippen LogP contribution in [0.4, 0.5) is 5.69 Å². The van der Waals surface area contributed by atoms with Crippen LogP contribution < -0.4 is 4.74 Å². The first-order chi connectivity index (χ1) is 10.1. The molecule has 0 radical (unpaired) electrons. The molecule has 3 rings (SSSR count). The molecule has 0 unspecified atom stereocenters. The van der Waals surface area contributed by atoms with Gasteiger partial charge in [0.1, 0.15) is 0 Å². The minimum atomic E-state index is -0.378. The molecule has 2 aromatic rings. The second-order valence-electron chi connectivity index (χ2n) is 5.30. The fourth-order valence-electron chi connectivity index (χ4n) is 2.42. The van der Waals surface area contributed by atoms with Crippen LogP contribution >= 0.6 is 0 Å². The maximum atomic E-state index is 11.2. The number of benzene rings is 1. The van der Waals surface area contributed by atoms with Gasteiger partial charge in [-0.25, -0.2) is 0 Å². The van der Waals surface area contributed by atoms with Gasteiger partial charge >= 0.3 is 5.69 Å². The van der Waals surface area contributed by atoms with E-state index in [1.54, 1.807) is 24.5 Å². The van der Waals surface area contributed by atoms with Crippen LogP contribution in [0.2, 0.25) is 0 Å². The minimum Gasteiger partial charge on any atom is -0.483 e. The average molecular weight is 284 g/mol. The summed E-state index contributed by atoms with van der Waals surface area (Å²) in [6.07, 6.45) is 6.59. The van der Waals surface area contributed by atoms with Crippen molar-refractivity contribution >= 4 is 5.69 Å². The van der Waals surface area contributed by atoms with Gasteiger partial charge < -0.3 is 4.74 Å². The van der Waals surface area contributed by atoms with Gasteiger partial charge in [-0.3, -0.25) is 15.1 Å². The molecule has 1 aromatic heterocycles. The lowest BCUT2D eigenvalue weighted by Crippen LogP contribution is -2.25. The second-order valence-corrected chi connectivity index (χ2v) is 5.30. The van der Waals surface area contributed by atoms with E-state index >= 15 is 0 Å². The van der Waals surface area contributed by atoms with Crippen LogP contribution in [0.25, 0.3) is 11.1 Å². The lowest BCUT2D eigenvalue weighted by atomic mass is 9.95. The summed E-state index contributed by atoms with van der Waals surface area (Å²) in [6.45, 7) is 1.87. The van der Waals surface area contributed by atoms with Crippen LogP contribution in [0.5, 0.6) is 5.75 Å². The lowest BCUT2D eigenvalue weighted by molar-refractivity contribution is -0.386. The Morgan fingerprint density at radius 3 is 2.57 bits per heavy atom. The van der Waals surface area contributed by atoms with Crippen molar-refractivity contribution in [1.82, 2.24) is 4.98 Å². The van der Waals surface area contributed by atoms with Crippen LogP contribution in [0, 0.1) is 17.0 Å². The third-order valence-electron chi connectivity index (χ3n) is 3.84. The predicted molar refractivity (Wildman–Crippen MR) is 79.3 cm³/mol. The van der Waals surface area contributed by atoms with Gasteiger partial charge in [0.25, 0.3) is 0 Å². The molecule has 0 spiro atoms. The first-order valence-electron chi connectivity index (χ1n) is 7.01. The van der Waals surface area contributed by atoms with Gasteiger partial charge in [0.05, 0.1) is 11.0 Å². The fourth-order valence-corrected chi connectivity index (χ4v) is 2.42. The number of rotatable bonds is 4. The van der Waals surface area contributed by atoms with Gasteiger partial charge in [-0.05, 0) is 61.1 Å². The van der Waals surface area contributed by atoms with E-state index in [2.05, 4.69) is 4.98 Å². The van der Waals surface area contributed by atoms with E-state index in [-0.39, 0.29) is 16.7 Å². The normalized spacial score (nSPS) is 14.5. The van der Waals surface area contributed by atoms with E-state index in [9.17, 15) is 10.1 Å². The number of aromatic nitrogens is 1. The topological polar surface area (TPSA) is 65.3 Å². The molecule has 0 amide bonds. The number of nitro benzene ring substituents is 1. The Labute approximate surface area is 122 Å². The number of nitrogens with zero attached hydrogens (tertiary/aromatic N) is 2. The van der Waals surface area contributed by atoms with E-state index in [1.165, 1.54) is 0 Å². The Hall–Kier alpha value is -2.43. The van der Waals surface area contributed by atoms with E-state index in [4.69, 9.17) is 4.74 Å². The Morgan fingerprint density at radius 2 is 2.00 bits per heavy atom. The van der Waals surface area contributed by atoms with E-state index in [1.807, 2.05) is 19.1 Å². The molecule has 0 N–H and O–H groups in total. The van der Waals surface area contributed by atoms with Gasteiger partial charge in [0.15, 0.2) is 5.75 Å². The molecule has 1 heterocycles. The molecular weight excluding hydrogens is 268 g/mol. The Bertz CT molecular complexity index is 667. The summed E-state index contributed by atoms with van der Waals surface area (Å²) in [7, 11) is 0. The first-order valence-corrected chi connectivity index (χ1v) is 7.01. The standard InChI is InChI=1S/C16H16N2O3/c1-11-9-15(18(19)20)16(21-13-3-2-4-13)10-14(11)12-5-7-17-8-6-12/h5-10,13H,2-4H2,1H3. The molecule has 0 saturated heterocycles. The average Bonchev–Trinajstić information content (AvgIpc) is 2.44. The first kappa shape index (κ1) is 13.5. The molecule has 21 heavy (non-hydrogen) atoms. The number of hydrogen-bond acceptors (Lipinski definition) is 4. The van der Waals surface area contributed by atoms with Crippen molar-refractivity contribution < 1.29 is 9.66 Å². The largest absolute Gasteiger partial charge is 0.483 e. The van der Waals surface area contributed by atoms with Gasteiger partial charge in [-0.15, -0.1) is 0 Å². The molecule has 5 heteroatoms. The third kappa shape index (κ3) is 2.72. The van der Waals surface area contributed by atoms with Crippen molar-refractivity contribution in [2.24, 2.45) is 0 Å². The quantitative estimate of drug-likeness (QED) is 0.631. The summed E-state index contributed by atoms with van der Waals surface area (Å²) in [5.41, 5.74) is 2.82. The zero-order valence-electron chi connectivity index (χ0n) is 11.8. The predicted octanol–water partition coefficient (Wildman–Crippen LogP) is 3.90. The molecule has 5 nitrogen and oxygen atoms in total. The summed E-state index contributed by atoms with van der Waals surface area (Å²) in [6, 6.07) is 7.15. The van der Waals surface area contributed by atoms with Gasteiger partial charge in [-0.2, -0.15) is 0 Å². The van der Waals surface area contributed by atoms with Crippen LogP contribution in [0.15, 0.2) is 36.7 Å². The van der Waals surface area contributed by atoms with Crippen LogP contribution in [0.1, 0.15) is 24.8 Å². The number of aryl methyl sites for hydroxylation is 1. The van der Waals surface area contributed by atoms with E-state index in [0.717, 1.165) is 36.0 Å². The molecule has 1 aliphatic carbocycles. The minimum absolute atomic E-state index is 0.0391. The fraction of sp³-hybridized carbons (Fsp3) is 0.312. The monoisotopic (exact) mass is 284 g/mol. The molecule has 1 saturated carbocycles. The van der Waals surface area contributed by atoms with Crippen molar-refractivity contribution in [3.05, 3.63) is 52.3 Å². The highest BCUT2D eigenvalue weighted by atomic mass is 16.6. The van der Waals surface area contributed by atoms with Gasteiger partial charge in [0.2, 0.25) is 0 Å². The maximum Gasteiger partial charge on any atom is 0.311 e. The number of ether oxygens (including phenoxy) is 1. The number of hydrogen-bond donors (Lipinski definition) is 0. The van der Waals surface area contributed by atoms with Gasteiger partial charge in [0, 0.05) is 18.5 Å². The van der Waals surface area contributed by atoms with Crippen LogP contribution in [-0.2, 0) is 0 Å². The van der Waals surface area contributed by atoms with Crippen molar-refractivity contribution in [2.45, 2.75) is 32.3 Å². The summed E-state index contributed by atoms with van der Waals surface area (Å²) in [4.78, 5) is 14.8. The van der Waals surface area contributed by atoms with Crippen molar-refractivity contribution in [3.63, 3.8) is 0 Å². The van der Waals surface area contributed by atoms with E-state index < -0.39 is 0 Å². The Morgan fingerprint density at radius 1 is 1.29 bits per heavy atom. The second kappa shape index (κ2) is 5.52. The van der Waals surface area contributed by atoms with Gasteiger partial charge in [-0.1, -0.05) is 0 Å². The molecule has 1 fully saturated rings. The summed E-state index contributed by atoms with van der Waals surface area (Å²) < 4.78 is 5.80. The van der Waals surface area contributed by atoms with Crippen molar-refractivity contribution in [1.29, 1.82) is 0 Å². The Balaban J connectivity index is 2.05. The molecule has 0 bridgehead atoms. The maximum absolute atomic E-state index is 11.2. The zero-order valence-corrected chi connectivity index (χ0v) is 11.8. The molecule has 1 aromatic carbocycles. The number of pyridine rings is 1. The Kier molecular flexibility index (Phi) is 3.56. The third-order valence-corrected chi connectivity index (χ3v) is 3.84. The summed E-state index contributed by atoms with van der Waals surface area (Å²) in [5, 5.41) is 11.2. The van der Waals surface area contributed by atoms with Crippen LogP contribution in [0.3, 0.4) is 0 Å². The number of nitro groups is 1. The summed E-state index contributed by atoms with van der Waals surface area (Å²) in [5.74, 6) is 0.363. The van der Waals surface area contributed by atoms with Crippen molar-refractivity contribution in [3.8, 4) is 16.9 Å². The highest BCUT2D eigenvalue weighted by Crippen LogP contribution is 2.37. The molecule has 108 valence electrons. The molecule has 0 aliphatic heterocycles.